The van der Waals surface area contributed by atoms with Crippen LogP contribution >= 0.6 is 23.1 Å². The summed E-state index contributed by atoms with van der Waals surface area (Å²) in [5.74, 6) is -0.495. The molecule has 1 aromatic heterocycles. The molecule has 0 fully saturated rings. The monoisotopic (exact) mass is 285 g/mol. The minimum atomic E-state index is -0.626. The van der Waals surface area contributed by atoms with Crippen molar-refractivity contribution in [3.8, 4) is 0 Å². The van der Waals surface area contributed by atoms with Crippen molar-refractivity contribution < 1.29 is 9.72 Å². The van der Waals surface area contributed by atoms with Gasteiger partial charge in [-0.05, 0) is 17.3 Å². The zero-order valence-electron chi connectivity index (χ0n) is 8.53. The van der Waals surface area contributed by atoms with Gasteiger partial charge >= 0.3 is 0 Å². The quantitative estimate of drug-likeness (QED) is 0.679. The Kier molecular flexibility index (Phi) is 3.44. The van der Waals surface area contributed by atoms with Crippen LogP contribution in [0.3, 0.4) is 0 Å². The molecule has 92 valence electrons. The minimum absolute atomic E-state index is 0.108. The average molecular weight is 286 g/mol. The van der Waals surface area contributed by atoms with Gasteiger partial charge in [0, 0.05) is 23.2 Å². The highest BCUT2D eigenvalue weighted by Crippen LogP contribution is 2.25. The van der Waals surface area contributed by atoms with Crippen LogP contribution in [0.2, 0.25) is 5.02 Å². The lowest BCUT2D eigenvalue weighted by molar-refractivity contribution is -0.384. The lowest BCUT2D eigenvalue weighted by Crippen LogP contribution is -2.11. The number of carbonyl (C=O) groups is 1. The van der Waals surface area contributed by atoms with Crippen molar-refractivity contribution in [3.05, 3.63) is 38.9 Å². The number of carbonyl (C=O) groups excluding carboxylic acids is 1. The van der Waals surface area contributed by atoms with Gasteiger partial charge in [0.2, 0.25) is 5.13 Å². The Hall–Kier alpha value is -2.13. The third kappa shape index (κ3) is 2.57. The maximum absolute atomic E-state index is 11.7. The molecule has 0 saturated carbocycles. The summed E-state index contributed by atoms with van der Waals surface area (Å²) in [5.41, 5.74) is -0.0772. The van der Waals surface area contributed by atoms with Crippen LogP contribution in [0, 0.1) is 10.1 Å². The number of nitro groups is 1. The van der Waals surface area contributed by atoms with Crippen LogP contribution in [0.5, 0.6) is 0 Å². The van der Waals surface area contributed by atoms with Gasteiger partial charge in [-0.25, -0.2) is 0 Å². The van der Waals surface area contributed by atoms with Gasteiger partial charge < -0.3 is 0 Å². The van der Waals surface area contributed by atoms with Gasteiger partial charge in [-0.1, -0.05) is 21.2 Å². The van der Waals surface area contributed by atoms with Gasteiger partial charge in [-0.2, -0.15) is 0 Å². The number of benzene rings is 1. The van der Waals surface area contributed by atoms with Gasteiger partial charge in [0.1, 0.15) is 5.02 Å². The fraction of sp³-hybridized carbons (Fsp3) is 0. The third-order valence-electron chi connectivity index (χ3n) is 1.93. The molecule has 8 nitrogen and oxygen atoms in total. The van der Waals surface area contributed by atoms with Gasteiger partial charge in [0.05, 0.1) is 4.92 Å². The van der Waals surface area contributed by atoms with E-state index < -0.39 is 10.8 Å². The first-order chi connectivity index (χ1) is 8.58. The van der Waals surface area contributed by atoms with E-state index in [-0.39, 0.29) is 21.4 Å². The molecular weight excluding hydrogens is 282 g/mol. The van der Waals surface area contributed by atoms with Crippen LogP contribution in [-0.4, -0.2) is 25.6 Å². The number of aromatic nitrogens is 3. The van der Waals surface area contributed by atoms with E-state index in [9.17, 15) is 14.9 Å². The molecule has 18 heavy (non-hydrogen) atoms. The SMILES string of the molecule is O=C(Nc1nnns1)c1ccc([N+](=O)[O-])c(Cl)c1. The molecule has 2 rings (SSSR count). The lowest BCUT2D eigenvalue weighted by Gasteiger charge is -2.01. The molecule has 0 saturated heterocycles. The highest BCUT2D eigenvalue weighted by molar-refractivity contribution is 7.09. The second kappa shape index (κ2) is 5.02. The molecule has 10 heteroatoms. The van der Waals surface area contributed by atoms with Crippen LogP contribution < -0.4 is 5.32 Å². The van der Waals surface area contributed by atoms with E-state index >= 15 is 0 Å². The van der Waals surface area contributed by atoms with Crippen LogP contribution in [0.4, 0.5) is 10.8 Å². The molecule has 1 heterocycles. The Labute approximate surface area is 109 Å². The number of halogens is 1. The fourth-order valence-electron chi connectivity index (χ4n) is 1.15. The summed E-state index contributed by atoms with van der Waals surface area (Å²) < 4.78 is 3.47. The first-order valence-electron chi connectivity index (χ1n) is 4.48. The molecule has 0 bridgehead atoms. The van der Waals surface area contributed by atoms with E-state index in [0.29, 0.717) is 0 Å². The van der Waals surface area contributed by atoms with Gasteiger partial charge in [-0.3, -0.25) is 20.2 Å². The van der Waals surface area contributed by atoms with Gasteiger partial charge in [0.25, 0.3) is 11.6 Å². The summed E-state index contributed by atoms with van der Waals surface area (Å²) in [6, 6.07) is 3.67. The lowest BCUT2D eigenvalue weighted by atomic mass is 10.2. The molecule has 1 aromatic carbocycles. The molecule has 0 unspecified atom stereocenters. The van der Waals surface area contributed by atoms with Crippen LogP contribution in [0.25, 0.3) is 0 Å². The van der Waals surface area contributed by atoms with Crippen molar-refractivity contribution in [2.45, 2.75) is 0 Å². The summed E-state index contributed by atoms with van der Waals surface area (Å²) in [7, 11) is 0. The number of nitrogens with one attached hydrogen (secondary N) is 1. The average Bonchev–Trinajstić information content (AvgIpc) is 2.81. The smallest absolute Gasteiger partial charge is 0.287 e. The summed E-state index contributed by atoms with van der Waals surface area (Å²) >= 11 is 6.60. The molecule has 0 aliphatic rings. The van der Waals surface area contributed by atoms with E-state index in [1.165, 1.54) is 12.1 Å². The summed E-state index contributed by atoms with van der Waals surface area (Å²) in [5, 5.41) is 20.0. The molecule has 0 aliphatic carbocycles. The Balaban J connectivity index is 2.21. The highest BCUT2D eigenvalue weighted by atomic mass is 35.5. The standard InChI is InChI=1S/C8H4ClN5O3S/c9-5-3-4(1-2-6(5)14(16)17)7(15)10-8-11-12-13-18-8/h1-3H,(H,10,11,13,15). The van der Waals surface area contributed by atoms with E-state index in [2.05, 4.69) is 20.1 Å². The molecule has 1 amide bonds. The van der Waals surface area contributed by atoms with Crippen molar-refractivity contribution in [1.29, 1.82) is 0 Å². The van der Waals surface area contributed by atoms with Crippen molar-refractivity contribution in [3.63, 3.8) is 0 Å². The normalized spacial score (nSPS) is 10.1. The predicted molar refractivity (Wildman–Crippen MR) is 63.8 cm³/mol. The fourth-order valence-corrected chi connectivity index (χ4v) is 1.76. The predicted octanol–water partition coefficient (Wildman–Crippen LogP) is 1.75. The van der Waals surface area contributed by atoms with Gasteiger partial charge in [0.15, 0.2) is 0 Å². The molecule has 0 radical (unpaired) electrons. The minimum Gasteiger partial charge on any atom is -0.295 e. The molecular formula is C8H4ClN5O3S. The number of rotatable bonds is 3. The highest BCUT2D eigenvalue weighted by Gasteiger charge is 2.16. The van der Waals surface area contributed by atoms with Crippen LogP contribution in [0.15, 0.2) is 18.2 Å². The topological polar surface area (TPSA) is 111 Å². The summed E-state index contributed by atoms with van der Waals surface area (Å²) in [6.07, 6.45) is 0. The zero-order valence-corrected chi connectivity index (χ0v) is 10.1. The molecule has 1 N–H and O–H groups in total. The largest absolute Gasteiger partial charge is 0.295 e. The Bertz CT molecular complexity index is 603. The van der Waals surface area contributed by atoms with Crippen LogP contribution in [-0.2, 0) is 0 Å². The number of anilines is 1. The van der Waals surface area contributed by atoms with Gasteiger partial charge in [-0.15, -0.1) is 0 Å². The number of nitro benzene ring substituents is 1. The van der Waals surface area contributed by atoms with E-state index in [1.807, 2.05) is 0 Å². The third-order valence-corrected chi connectivity index (χ3v) is 2.74. The first kappa shape index (κ1) is 12.3. The second-order valence-corrected chi connectivity index (χ2v) is 4.18. The zero-order chi connectivity index (χ0) is 13.1. The number of amides is 1. The van der Waals surface area contributed by atoms with Crippen molar-refractivity contribution in [2.24, 2.45) is 0 Å². The van der Waals surface area contributed by atoms with E-state index in [1.54, 1.807) is 0 Å². The number of hydrogen-bond acceptors (Lipinski definition) is 7. The number of hydrogen-bond donors (Lipinski definition) is 1. The Morgan fingerprint density at radius 2 is 2.28 bits per heavy atom. The van der Waals surface area contributed by atoms with Crippen molar-refractivity contribution in [1.82, 2.24) is 14.8 Å². The van der Waals surface area contributed by atoms with Crippen LogP contribution in [0.1, 0.15) is 10.4 Å². The second-order valence-electron chi connectivity index (χ2n) is 3.04. The molecule has 2 aromatic rings. The molecule has 0 atom stereocenters. The Morgan fingerprint density at radius 1 is 1.50 bits per heavy atom. The molecule has 0 spiro atoms. The van der Waals surface area contributed by atoms with E-state index in [0.717, 1.165) is 17.6 Å². The maximum atomic E-state index is 11.7. The van der Waals surface area contributed by atoms with E-state index in [4.69, 9.17) is 11.6 Å². The maximum Gasteiger partial charge on any atom is 0.287 e. The first-order valence-corrected chi connectivity index (χ1v) is 5.63. The summed E-state index contributed by atoms with van der Waals surface area (Å²) in [6.45, 7) is 0. The number of nitrogens with zero attached hydrogens (tertiary/aromatic N) is 4. The Morgan fingerprint density at radius 3 is 2.83 bits per heavy atom. The molecule has 0 aliphatic heterocycles. The van der Waals surface area contributed by atoms with Crippen molar-refractivity contribution >= 4 is 39.9 Å². The van der Waals surface area contributed by atoms with Crippen molar-refractivity contribution in [2.75, 3.05) is 5.32 Å². The summed E-state index contributed by atoms with van der Waals surface area (Å²) in [4.78, 5) is 21.6.